The number of hydrogen-bond acceptors (Lipinski definition) is 2. The fourth-order valence-corrected chi connectivity index (χ4v) is 3.08. The van der Waals surface area contributed by atoms with Crippen LogP contribution in [0.2, 0.25) is 0 Å². The molecule has 102 valence electrons. The molecule has 2 heteroatoms. The van der Waals surface area contributed by atoms with E-state index >= 15 is 0 Å². The van der Waals surface area contributed by atoms with E-state index in [2.05, 4.69) is 32.6 Å². The van der Waals surface area contributed by atoms with Crippen LogP contribution in [0.4, 0.5) is 0 Å². The van der Waals surface area contributed by atoms with E-state index in [1.807, 2.05) is 0 Å². The SMILES string of the molecule is CC1CCCN1CCCC(CCN)C(C)(C)C. The first-order valence-corrected chi connectivity index (χ1v) is 7.39. The van der Waals surface area contributed by atoms with Crippen LogP contribution < -0.4 is 5.73 Å². The molecule has 2 unspecified atom stereocenters. The van der Waals surface area contributed by atoms with E-state index in [9.17, 15) is 0 Å². The van der Waals surface area contributed by atoms with Crippen LogP contribution in [0.25, 0.3) is 0 Å². The van der Waals surface area contributed by atoms with Gasteiger partial charge >= 0.3 is 0 Å². The van der Waals surface area contributed by atoms with Crippen LogP contribution in [-0.4, -0.2) is 30.6 Å². The topological polar surface area (TPSA) is 29.3 Å². The van der Waals surface area contributed by atoms with Crippen LogP contribution in [-0.2, 0) is 0 Å². The summed E-state index contributed by atoms with van der Waals surface area (Å²) >= 11 is 0. The summed E-state index contributed by atoms with van der Waals surface area (Å²) in [5.74, 6) is 0.783. The molecular formula is C15H32N2. The summed E-state index contributed by atoms with van der Waals surface area (Å²) in [4.78, 5) is 2.65. The number of nitrogens with two attached hydrogens (primary N) is 1. The third kappa shape index (κ3) is 4.97. The molecule has 2 atom stereocenters. The molecule has 0 spiro atoms. The molecule has 0 aromatic rings. The Kier molecular flexibility index (Phi) is 5.94. The molecule has 1 heterocycles. The minimum absolute atomic E-state index is 0.413. The lowest BCUT2D eigenvalue weighted by Gasteiger charge is -2.31. The average Bonchev–Trinajstić information content (AvgIpc) is 2.62. The first-order chi connectivity index (χ1) is 7.95. The van der Waals surface area contributed by atoms with Crippen LogP contribution in [0, 0.1) is 11.3 Å². The van der Waals surface area contributed by atoms with E-state index in [0.717, 1.165) is 18.5 Å². The zero-order valence-corrected chi connectivity index (χ0v) is 12.3. The van der Waals surface area contributed by atoms with Crippen molar-refractivity contribution in [3.8, 4) is 0 Å². The van der Waals surface area contributed by atoms with Gasteiger partial charge in [-0.3, -0.25) is 0 Å². The van der Waals surface area contributed by atoms with E-state index in [-0.39, 0.29) is 0 Å². The highest BCUT2D eigenvalue weighted by Crippen LogP contribution is 2.32. The molecular weight excluding hydrogens is 208 g/mol. The van der Waals surface area contributed by atoms with Crippen molar-refractivity contribution in [3.63, 3.8) is 0 Å². The lowest BCUT2D eigenvalue weighted by atomic mass is 9.76. The molecule has 1 aliphatic heterocycles. The standard InChI is InChI=1S/C15H32N2/c1-13-7-5-11-17(13)12-6-8-14(9-10-16)15(2,3)4/h13-14H,5-12,16H2,1-4H3. The summed E-state index contributed by atoms with van der Waals surface area (Å²) in [5, 5.41) is 0. The Bertz CT molecular complexity index is 207. The van der Waals surface area contributed by atoms with Crippen molar-refractivity contribution in [1.29, 1.82) is 0 Å². The first-order valence-electron chi connectivity index (χ1n) is 7.39. The molecule has 0 amide bonds. The lowest BCUT2D eigenvalue weighted by Crippen LogP contribution is -2.29. The number of nitrogens with zero attached hydrogens (tertiary/aromatic N) is 1. The summed E-state index contributed by atoms with van der Waals surface area (Å²) in [6, 6.07) is 0.817. The quantitative estimate of drug-likeness (QED) is 0.772. The normalized spacial score (nSPS) is 24.2. The Morgan fingerprint density at radius 3 is 2.47 bits per heavy atom. The van der Waals surface area contributed by atoms with Crippen LogP contribution in [0.5, 0.6) is 0 Å². The van der Waals surface area contributed by atoms with Gasteiger partial charge in [0.15, 0.2) is 0 Å². The zero-order valence-electron chi connectivity index (χ0n) is 12.3. The van der Waals surface area contributed by atoms with Crippen molar-refractivity contribution < 1.29 is 0 Å². The molecule has 0 bridgehead atoms. The number of likely N-dealkylation sites (tertiary alicyclic amines) is 1. The molecule has 0 aromatic carbocycles. The van der Waals surface area contributed by atoms with Gasteiger partial charge in [-0.25, -0.2) is 0 Å². The maximum atomic E-state index is 5.73. The monoisotopic (exact) mass is 240 g/mol. The highest BCUT2D eigenvalue weighted by Gasteiger charge is 2.24. The van der Waals surface area contributed by atoms with Crippen LogP contribution in [0.15, 0.2) is 0 Å². The van der Waals surface area contributed by atoms with E-state index in [1.54, 1.807) is 0 Å². The Labute approximate surface area is 108 Å². The van der Waals surface area contributed by atoms with Crippen LogP contribution in [0.3, 0.4) is 0 Å². The van der Waals surface area contributed by atoms with E-state index in [4.69, 9.17) is 5.73 Å². The second-order valence-corrected chi connectivity index (χ2v) is 6.81. The van der Waals surface area contributed by atoms with Crippen molar-refractivity contribution in [1.82, 2.24) is 4.90 Å². The number of hydrogen-bond donors (Lipinski definition) is 1. The molecule has 0 aromatic heterocycles. The van der Waals surface area contributed by atoms with Gasteiger partial charge in [0.2, 0.25) is 0 Å². The highest BCUT2D eigenvalue weighted by molar-refractivity contribution is 4.78. The van der Waals surface area contributed by atoms with E-state index < -0.39 is 0 Å². The summed E-state index contributed by atoms with van der Waals surface area (Å²) in [6.07, 6.45) is 6.65. The van der Waals surface area contributed by atoms with Gasteiger partial charge in [-0.05, 0) is 70.0 Å². The van der Waals surface area contributed by atoms with Crippen molar-refractivity contribution in [2.75, 3.05) is 19.6 Å². The molecule has 1 aliphatic rings. The van der Waals surface area contributed by atoms with E-state index in [1.165, 1.54) is 45.2 Å². The largest absolute Gasteiger partial charge is 0.330 e. The fraction of sp³-hybridized carbons (Fsp3) is 1.00. The van der Waals surface area contributed by atoms with Crippen LogP contribution in [0.1, 0.15) is 59.8 Å². The molecule has 0 radical (unpaired) electrons. The van der Waals surface area contributed by atoms with Gasteiger partial charge in [0, 0.05) is 6.04 Å². The highest BCUT2D eigenvalue weighted by atomic mass is 15.2. The third-order valence-electron chi connectivity index (χ3n) is 4.43. The maximum Gasteiger partial charge on any atom is 0.00674 e. The van der Waals surface area contributed by atoms with Gasteiger partial charge in [0.25, 0.3) is 0 Å². The van der Waals surface area contributed by atoms with Gasteiger partial charge in [0.05, 0.1) is 0 Å². The molecule has 2 N–H and O–H groups in total. The van der Waals surface area contributed by atoms with Crippen molar-refractivity contribution in [3.05, 3.63) is 0 Å². The molecule has 1 fully saturated rings. The average molecular weight is 240 g/mol. The zero-order chi connectivity index (χ0) is 12.9. The molecule has 2 nitrogen and oxygen atoms in total. The minimum Gasteiger partial charge on any atom is -0.330 e. The molecule has 1 saturated heterocycles. The number of rotatable bonds is 6. The van der Waals surface area contributed by atoms with Gasteiger partial charge in [-0.15, -0.1) is 0 Å². The van der Waals surface area contributed by atoms with Crippen LogP contribution >= 0.6 is 0 Å². The second kappa shape index (κ2) is 6.75. The molecule has 17 heavy (non-hydrogen) atoms. The van der Waals surface area contributed by atoms with Gasteiger partial charge in [0.1, 0.15) is 0 Å². The fourth-order valence-electron chi connectivity index (χ4n) is 3.08. The van der Waals surface area contributed by atoms with Gasteiger partial charge in [-0.1, -0.05) is 20.8 Å². The Hall–Kier alpha value is -0.0800. The molecule has 0 saturated carbocycles. The Morgan fingerprint density at radius 2 is 2.00 bits per heavy atom. The predicted octanol–water partition coefficient (Wildman–Crippen LogP) is 3.26. The minimum atomic E-state index is 0.413. The maximum absolute atomic E-state index is 5.73. The van der Waals surface area contributed by atoms with Crippen molar-refractivity contribution in [2.45, 2.75) is 65.8 Å². The van der Waals surface area contributed by atoms with E-state index in [0.29, 0.717) is 5.41 Å². The summed E-state index contributed by atoms with van der Waals surface area (Å²) < 4.78 is 0. The molecule has 0 aliphatic carbocycles. The second-order valence-electron chi connectivity index (χ2n) is 6.81. The third-order valence-corrected chi connectivity index (χ3v) is 4.43. The van der Waals surface area contributed by atoms with Crippen molar-refractivity contribution >= 4 is 0 Å². The summed E-state index contributed by atoms with van der Waals surface area (Å²) in [7, 11) is 0. The van der Waals surface area contributed by atoms with Crippen molar-refractivity contribution in [2.24, 2.45) is 17.1 Å². The predicted molar refractivity (Wildman–Crippen MR) is 76.1 cm³/mol. The Balaban J connectivity index is 2.27. The Morgan fingerprint density at radius 1 is 1.29 bits per heavy atom. The smallest absolute Gasteiger partial charge is 0.00674 e. The molecule has 1 rings (SSSR count). The van der Waals surface area contributed by atoms with Gasteiger partial charge < -0.3 is 10.6 Å². The first kappa shape index (κ1) is 15.0. The summed E-state index contributed by atoms with van der Waals surface area (Å²) in [6.45, 7) is 12.9. The summed E-state index contributed by atoms with van der Waals surface area (Å²) in [5.41, 5.74) is 6.14. The lowest BCUT2D eigenvalue weighted by molar-refractivity contribution is 0.192. The van der Waals surface area contributed by atoms with Gasteiger partial charge in [-0.2, -0.15) is 0 Å².